The zero-order valence-electron chi connectivity index (χ0n) is 8.77. The maximum absolute atomic E-state index is 10.9. The second kappa shape index (κ2) is 3.73. The Morgan fingerprint density at radius 1 is 1.50 bits per heavy atom. The second-order valence-electron chi connectivity index (χ2n) is 4.19. The molecule has 3 unspecified atom stereocenters. The Hall–Kier alpha value is -0.830. The SMILES string of the molecule is CC(=O)OC1CCC2C=CCC1N2C. The van der Waals surface area contributed by atoms with Gasteiger partial charge in [0, 0.05) is 13.0 Å². The highest BCUT2D eigenvalue weighted by Crippen LogP contribution is 2.30. The van der Waals surface area contributed by atoms with Crippen LogP contribution in [0.3, 0.4) is 0 Å². The molecule has 0 aromatic carbocycles. The van der Waals surface area contributed by atoms with Gasteiger partial charge in [-0.2, -0.15) is 0 Å². The van der Waals surface area contributed by atoms with Crippen LogP contribution in [0.5, 0.6) is 0 Å². The maximum Gasteiger partial charge on any atom is 0.302 e. The largest absolute Gasteiger partial charge is 0.461 e. The number of hydrogen-bond acceptors (Lipinski definition) is 3. The third-order valence-corrected chi connectivity index (χ3v) is 3.28. The lowest BCUT2D eigenvalue weighted by atomic mass is 9.87. The number of carbonyl (C=O) groups excluding carboxylic acids is 1. The van der Waals surface area contributed by atoms with Crippen LogP contribution in [0, 0.1) is 0 Å². The predicted octanol–water partition coefficient (Wildman–Crippen LogP) is 1.34. The molecule has 0 aliphatic carbocycles. The van der Waals surface area contributed by atoms with Crippen LogP contribution in [-0.2, 0) is 9.53 Å². The molecule has 2 aliphatic heterocycles. The Morgan fingerprint density at radius 2 is 2.29 bits per heavy atom. The standard InChI is InChI=1S/C11H17NO2/c1-8(13)14-11-7-6-9-4-3-5-10(11)12(9)2/h3-4,9-11H,5-7H2,1-2H3. The molecule has 2 heterocycles. The number of likely N-dealkylation sites (N-methyl/N-ethyl adjacent to an activating group) is 1. The normalized spacial score (nSPS) is 36.9. The zero-order chi connectivity index (χ0) is 10.1. The molecule has 0 amide bonds. The van der Waals surface area contributed by atoms with Gasteiger partial charge in [-0.3, -0.25) is 9.69 Å². The van der Waals surface area contributed by atoms with Crippen molar-refractivity contribution in [3.05, 3.63) is 12.2 Å². The van der Waals surface area contributed by atoms with Crippen LogP contribution in [0.2, 0.25) is 0 Å². The van der Waals surface area contributed by atoms with Crippen molar-refractivity contribution < 1.29 is 9.53 Å². The van der Waals surface area contributed by atoms with Gasteiger partial charge in [0.25, 0.3) is 0 Å². The van der Waals surface area contributed by atoms with E-state index in [1.165, 1.54) is 6.92 Å². The summed E-state index contributed by atoms with van der Waals surface area (Å²) >= 11 is 0. The smallest absolute Gasteiger partial charge is 0.302 e. The summed E-state index contributed by atoms with van der Waals surface area (Å²) in [5.74, 6) is -0.156. The highest BCUT2D eigenvalue weighted by Gasteiger charge is 2.36. The van der Waals surface area contributed by atoms with E-state index in [9.17, 15) is 4.79 Å². The maximum atomic E-state index is 10.9. The molecule has 0 spiro atoms. The molecule has 2 bridgehead atoms. The third kappa shape index (κ3) is 1.69. The van der Waals surface area contributed by atoms with Gasteiger partial charge in [-0.05, 0) is 26.3 Å². The summed E-state index contributed by atoms with van der Waals surface area (Å²) < 4.78 is 5.33. The van der Waals surface area contributed by atoms with Gasteiger partial charge >= 0.3 is 5.97 Å². The lowest BCUT2D eigenvalue weighted by molar-refractivity contribution is -0.153. The monoisotopic (exact) mass is 195 g/mol. The average molecular weight is 195 g/mol. The fourth-order valence-electron chi connectivity index (χ4n) is 2.51. The Labute approximate surface area is 84.7 Å². The number of piperidine rings is 1. The van der Waals surface area contributed by atoms with Crippen molar-refractivity contribution >= 4 is 5.97 Å². The van der Waals surface area contributed by atoms with Crippen molar-refractivity contribution in [1.82, 2.24) is 4.90 Å². The van der Waals surface area contributed by atoms with Crippen molar-refractivity contribution in [2.75, 3.05) is 7.05 Å². The number of carbonyl (C=O) groups is 1. The number of rotatable bonds is 1. The summed E-state index contributed by atoms with van der Waals surface area (Å²) in [6, 6.07) is 0.947. The number of ether oxygens (including phenoxy) is 1. The molecule has 1 fully saturated rings. The lowest BCUT2D eigenvalue weighted by Gasteiger charge is -2.44. The Morgan fingerprint density at radius 3 is 3.00 bits per heavy atom. The first-order valence-electron chi connectivity index (χ1n) is 5.24. The van der Waals surface area contributed by atoms with E-state index in [2.05, 4.69) is 24.1 Å². The van der Waals surface area contributed by atoms with E-state index in [1.54, 1.807) is 0 Å². The van der Waals surface area contributed by atoms with Crippen LogP contribution in [0.1, 0.15) is 26.2 Å². The van der Waals surface area contributed by atoms with Crippen LogP contribution < -0.4 is 0 Å². The third-order valence-electron chi connectivity index (χ3n) is 3.28. The molecular formula is C11H17NO2. The molecule has 14 heavy (non-hydrogen) atoms. The molecule has 3 atom stereocenters. The minimum Gasteiger partial charge on any atom is -0.461 e. The zero-order valence-corrected chi connectivity index (χ0v) is 8.77. The minimum absolute atomic E-state index is 0.0960. The van der Waals surface area contributed by atoms with E-state index in [4.69, 9.17) is 4.74 Å². The van der Waals surface area contributed by atoms with E-state index in [0.29, 0.717) is 12.1 Å². The molecule has 1 saturated heterocycles. The van der Waals surface area contributed by atoms with Crippen LogP contribution in [0.15, 0.2) is 12.2 Å². The molecule has 0 radical (unpaired) electrons. The molecular weight excluding hydrogens is 178 g/mol. The molecule has 0 saturated carbocycles. The first-order chi connectivity index (χ1) is 6.68. The molecule has 0 aromatic heterocycles. The van der Waals surface area contributed by atoms with Crippen molar-refractivity contribution in [2.24, 2.45) is 0 Å². The molecule has 0 N–H and O–H groups in total. The van der Waals surface area contributed by atoms with Crippen LogP contribution in [0.4, 0.5) is 0 Å². The van der Waals surface area contributed by atoms with E-state index in [1.807, 2.05) is 0 Å². The Bertz CT molecular complexity index is 262. The fraction of sp³-hybridized carbons (Fsp3) is 0.727. The Kier molecular flexibility index (Phi) is 2.59. The van der Waals surface area contributed by atoms with Crippen LogP contribution in [0.25, 0.3) is 0 Å². The van der Waals surface area contributed by atoms with E-state index in [0.717, 1.165) is 19.3 Å². The van der Waals surface area contributed by atoms with Gasteiger partial charge in [-0.1, -0.05) is 12.2 Å². The topological polar surface area (TPSA) is 29.5 Å². The molecule has 2 aliphatic rings. The number of nitrogens with zero attached hydrogens (tertiary/aromatic N) is 1. The summed E-state index contributed by atoms with van der Waals surface area (Å²) in [7, 11) is 2.12. The van der Waals surface area contributed by atoms with Gasteiger partial charge in [0.05, 0.1) is 6.04 Å². The predicted molar refractivity (Wildman–Crippen MR) is 53.9 cm³/mol. The summed E-state index contributed by atoms with van der Waals surface area (Å²) in [5, 5.41) is 0. The van der Waals surface area contributed by atoms with Crippen molar-refractivity contribution in [1.29, 1.82) is 0 Å². The lowest BCUT2D eigenvalue weighted by Crippen LogP contribution is -2.53. The number of fused-ring (bicyclic) bond motifs is 2. The quantitative estimate of drug-likeness (QED) is 0.467. The fourth-order valence-corrected chi connectivity index (χ4v) is 2.51. The minimum atomic E-state index is -0.156. The summed E-state index contributed by atoms with van der Waals surface area (Å²) in [6.45, 7) is 1.49. The summed E-state index contributed by atoms with van der Waals surface area (Å²) in [5.41, 5.74) is 0. The van der Waals surface area contributed by atoms with Gasteiger partial charge < -0.3 is 4.74 Å². The highest BCUT2D eigenvalue weighted by atomic mass is 16.5. The first-order valence-corrected chi connectivity index (χ1v) is 5.24. The van der Waals surface area contributed by atoms with Crippen LogP contribution >= 0.6 is 0 Å². The second-order valence-corrected chi connectivity index (χ2v) is 4.19. The van der Waals surface area contributed by atoms with Gasteiger partial charge in [0.1, 0.15) is 6.10 Å². The number of esters is 1. The number of hydrogen-bond donors (Lipinski definition) is 0. The van der Waals surface area contributed by atoms with Gasteiger partial charge in [0.15, 0.2) is 0 Å². The van der Waals surface area contributed by atoms with E-state index in [-0.39, 0.29) is 12.1 Å². The average Bonchev–Trinajstić information content (AvgIpc) is 2.09. The Balaban J connectivity index is 2.08. The van der Waals surface area contributed by atoms with Crippen molar-refractivity contribution in [3.63, 3.8) is 0 Å². The molecule has 0 aromatic rings. The van der Waals surface area contributed by atoms with Crippen LogP contribution in [-0.4, -0.2) is 36.1 Å². The van der Waals surface area contributed by atoms with E-state index < -0.39 is 0 Å². The van der Waals surface area contributed by atoms with Gasteiger partial charge in [-0.15, -0.1) is 0 Å². The van der Waals surface area contributed by atoms with E-state index >= 15 is 0 Å². The van der Waals surface area contributed by atoms with Gasteiger partial charge in [-0.25, -0.2) is 0 Å². The van der Waals surface area contributed by atoms with Crippen molar-refractivity contribution in [3.8, 4) is 0 Å². The highest BCUT2D eigenvalue weighted by molar-refractivity contribution is 5.66. The molecule has 2 rings (SSSR count). The van der Waals surface area contributed by atoms with Crippen molar-refractivity contribution in [2.45, 2.75) is 44.4 Å². The molecule has 3 heteroatoms. The molecule has 3 nitrogen and oxygen atoms in total. The van der Waals surface area contributed by atoms with Gasteiger partial charge in [0.2, 0.25) is 0 Å². The molecule has 78 valence electrons. The summed E-state index contributed by atoms with van der Waals surface area (Å²) in [4.78, 5) is 13.3. The summed E-state index contributed by atoms with van der Waals surface area (Å²) in [6.07, 6.45) is 7.68. The first kappa shape index (κ1) is 9.71.